The molecule has 0 bridgehead atoms. The van der Waals surface area contributed by atoms with Crippen molar-refractivity contribution in [1.82, 2.24) is 14.7 Å². The van der Waals surface area contributed by atoms with Crippen LogP contribution in [-0.2, 0) is 22.6 Å². The van der Waals surface area contributed by atoms with E-state index in [9.17, 15) is 14.0 Å². The number of rotatable bonds is 10. The number of amides is 3. The van der Waals surface area contributed by atoms with E-state index in [0.717, 1.165) is 23.1 Å². The molecule has 3 aromatic rings. The SMILES string of the molecule is O=C(CN(CCN1CCOCC1)C(=O)Nc1ccccc1Br)N(Cc1ccc(F)cc1)Cc1ccco1. The van der Waals surface area contributed by atoms with Gasteiger partial charge in [0.25, 0.3) is 0 Å². The van der Waals surface area contributed by atoms with Crippen molar-refractivity contribution in [2.75, 3.05) is 51.3 Å². The molecule has 0 radical (unpaired) electrons. The summed E-state index contributed by atoms with van der Waals surface area (Å²) in [5.74, 6) is 0.0312. The molecule has 10 heteroatoms. The lowest BCUT2D eigenvalue weighted by atomic mass is 10.2. The van der Waals surface area contributed by atoms with Crippen LogP contribution in [0.3, 0.4) is 0 Å². The molecule has 1 aliphatic rings. The number of para-hydroxylation sites is 1. The monoisotopic (exact) mass is 572 g/mol. The third-order valence-corrected chi connectivity index (χ3v) is 6.78. The molecular formula is C27H30BrFN4O4. The molecule has 3 amide bonds. The zero-order valence-corrected chi connectivity index (χ0v) is 22.0. The molecule has 1 aromatic heterocycles. The van der Waals surface area contributed by atoms with Crippen molar-refractivity contribution in [3.8, 4) is 0 Å². The number of hydrogen-bond donors (Lipinski definition) is 1. The number of morpholine rings is 1. The Morgan fingerprint density at radius 3 is 2.43 bits per heavy atom. The highest BCUT2D eigenvalue weighted by atomic mass is 79.9. The van der Waals surface area contributed by atoms with Gasteiger partial charge in [-0.3, -0.25) is 9.69 Å². The van der Waals surface area contributed by atoms with Crippen LogP contribution in [0.15, 0.2) is 75.8 Å². The predicted molar refractivity (Wildman–Crippen MR) is 141 cm³/mol. The molecule has 8 nitrogen and oxygen atoms in total. The third-order valence-electron chi connectivity index (χ3n) is 6.08. The summed E-state index contributed by atoms with van der Waals surface area (Å²) in [6, 6.07) is 16.5. The van der Waals surface area contributed by atoms with Gasteiger partial charge in [-0.1, -0.05) is 24.3 Å². The van der Waals surface area contributed by atoms with Crippen LogP contribution in [0.4, 0.5) is 14.9 Å². The maximum Gasteiger partial charge on any atom is 0.322 e. The molecule has 0 unspecified atom stereocenters. The topological polar surface area (TPSA) is 78.3 Å². The van der Waals surface area contributed by atoms with Crippen LogP contribution < -0.4 is 5.32 Å². The minimum atomic E-state index is -0.367. The van der Waals surface area contributed by atoms with Crippen LogP contribution in [0.5, 0.6) is 0 Å². The minimum absolute atomic E-state index is 0.122. The number of furan rings is 1. The summed E-state index contributed by atoms with van der Waals surface area (Å²) >= 11 is 3.46. The minimum Gasteiger partial charge on any atom is -0.467 e. The van der Waals surface area contributed by atoms with E-state index in [1.54, 1.807) is 41.5 Å². The molecule has 196 valence electrons. The number of urea groups is 1. The highest BCUT2D eigenvalue weighted by Crippen LogP contribution is 2.22. The first-order valence-corrected chi connectivity index (χ1v) is 12.9. The summed E-state index contributed by atoms with van der Waals surface area (Å²) in [7, 11) is 0. The van der Waals surface area contributed by atoms with Gasteiger partial charge in [0.1, 0.15) is 18.1 Å². The van der Waals surface area contributed by atoms with Crippen molar-refractivity contribution in [2.45, 2.75) is 13.1 Å². The molecule has 2 heterocycles. The van der Waals surface area contributed by atoms with Crippen molar-refractivity contribution in [3.05, 3.63) is 88.5 Å². The smallest absolute Gasteiger partial charge is 0.322 e. The van der Waals surface area contributed by atoms with Gasteiger partial charge in [-0.2, -0.15) is 0 Å². The molecule has 4 rings (SSSR count). The first kappa shape index (κ1) is 26.8. The van der Waals surface area contributed by atoms with Crippen LogP contribution in [0, 0.1) is 5.82 Å². The summed E-state index contributed by atoms with van der Waals surface area (Å²) < 4.78 is 25.1. The second kappa shape index (κ2) is 13.4. The first-order chi connectivity index (χ1) is 18.0. The average Bonchev–Trinajstić information content (AvgIpc) is 3.42. The van der Waals surface area contributed by atoms with Crippen molar-refractivity contribution in [1.29, 1.82) is 0 Å². The summed E-state index contributed by atoms with van der Waals surface area (Å²) in [4.78, 5) is 32.2. The number of carbonyl (C=O) groups is 2. The Bertz CT molecular complexity index is 1150. The summed E-state index contributed by atoms with van der Waals surface area (Å²) in [6.45, 7) is 4.21. The maximum atomic E-state index is 13.6. The van der Waals surface area contributed by atoms with Crippen molar-refractivity contribution in [2.24, 2.45) is 0 Å². The van der Waals surface area contributed by atoms with Crippen molar-refractivity contribution < 1.29 is 23.1 Å². The second-order valence-electron chi connectivity index (χ2n) is 8.74. The van der Waals surface area contributed by atoms with Gasteiger partial charge >= 0.3 is 6.03 Å². The van der Waals surface area contributed by atoms with E-state index in [0.29, 0.717) is 37.8 Å². The van der Waals surface area contributed by atoms with E-state index in [1.165, 1.54) is 17.0 Å². The second-order valence-corrected chi connectivity index (χ2v) is 9.60. The Balaban J connectivity index is 1.49. The van der Waals surface area contributed by atoms with Crippen LogP contribution in [0.25, 0.3) is 0 Å². The van der Waals surface area contributed by atoms with Gasteiger partial charge in [0.05, 0.1) is 31.7 Å². The molecule has 0 aliphatic carbocycles. The lowest BCUT2D eigenvalue weighted by molar-refractivity contribution is -0.133. The molecule has 1 aliphatic heterocycles. The van der Waals surface area contributed by atoms with Gasteiger partial charge in [-0.05, 0) is 57.9 Å². The predicted octanol–water partition coefficient (Wildman–Crippen LogP) is 4.58. The van der Waals surface area contributed by atoms with E-state index >= 15 is 0 Å². The highest BCUT2D eigenvalue weighted by molar-refractivity contribution is 9.10. The largest absolute Gasteiger partial charge is 0.467 e. The molecule has 0 spiro atoms. The number of anilines is 1. The highest BCUT2D eigenvalue weighted by Gasteiger charge is 2.24. The van der Waals surface area contributed by atoms with Crippen LogP contribution in [0.2, 0.25) is 0 Å². The number of nitrogens with zero attached hydrogens (tertiary/aromatic N) is 3. The molecule has 0 saturated carbocycles. The van der Waals surface area contributed by atoms with Crippen molar-refractivity contribution >= 4 is 33.6 Å². The Hall–Kier alpha value is -3.21. The summed E-state index contributed by atoms with van der Waals surface area (Å²) in [5.41, 5.74) is 1.40. The van der Waals surface area contributed by atoms with Crippen LogP contribution >= 0.6 is 15.9 Å². The number of carbonyl (C=O) groups excluding carboxylic acids is 2. The molecule has 1 fully saturated rings. The third kappa shape index (κ3) is 8.14. The normalized spacial score (nSPS) is 13.8. The fraction of sp³-hybridized carbons (Fsp3) is 0.333. The fourth-order valence-corrected chi connectivity index (χ4v) is 4.38. The van der Waals surface area contributed by atoms with Crippen LogP contribution in [0.1, 0.15) is 11.3 Å². The van der Waals surface area contributed by atoms with Gasteiger partial charge in [0.2, 0.25) is 5.91 Å². The Kier molecular flexibility index (Phi) is 9.70. The number of benzene rings is 2. The first-order valence-electron chi connectivity index (χ1n) is 12.1. The number of hydrogen-bond acceptors (Lipinski definition) is 5. The van der Waals surface area contributed by atoms with Gasteiger partial charge in [-0.15, -0.1) is 0 Å². The van der Waals surface area contributed by atoms with E-state index in [2.05, 4.69) is 26.1 Å². The van der Waals surface area contributed by atoms with Gasteiger partial charge in [0, 0.05) is 37.2 Å². The van der Waals surface area contributed by atoms with Crippen molar-refractivity contribution in [3.63, 3.8) is 0 Å². The maximum absolute atomic E-state index is 13.6. The standard InChI is InChI=1S/C27H30BrFN4O4/c28-24-5-1-2-6-25(24)30-27(35)32(12-11-31-13-16-36-17-14-31)20-26(34)33(19-23-4-3-15-37-23)18-21-7-9-22(29)10-8-21/h1-10,15H,11-14,16-20H2,(H,30,35). The van der Waals surface area contributed by atoms with Crippen LogP contribution in [-0.4, -0.2) is 72.6 Å². The molecule has 2 aromatic carbocycles. The van der Waals surface area contributed by atoms with E-state index in [-0.39, 0.29) is 37.4 Å². The quantitative estimate of drug-likeness (QED) is 0.385. The Morgan fingerprint density at radius 2 is 1.73 bits per heavy atom. The molecular weight excluding hydrogens is 543 g/mol. The lowest BCUT2D eigenvalue weighted by Crippen LogP contribution is -2.48. The molecule has 37 heavy (non-hydrogen) atoms. The zero-order chi connectivity index (χ0) is 26.0. The van der Waals surface area contributed by atoms with Gasteiger partial charge in [-0.25, -0.2) is 9.18 Å². The zero-order valence-electron chi connectivity index (χ0n) is 20.4. The Labute approximate surface area is 224 Å². The van der Waals surface area contributed by atoms with Gasteiger partial charge < -0.3 is 24.3 Å². The van der Waals surface area contributed by atoms with E-state index in [1.807, 2.05) is 18.2 Å². The lowest BCUT2D eigenvalue weighted by Gasteiger charge is -2.31. The van der Waals surface area contributed by atoms with E-state index in [4.69, 9.17) is 9.15 Å². The molecule has 1 saturated heterocycles. The van der Waals surface area contributed by atoms with E-state index < -0.39 is 0 Å². The summed E-state index contributed by atoms with van der Waals surface area (Å²) in [5, 5.41) is 2.91. The number of nitrogens with one attached hydrogen (secondary N) is 1. The average molecular weight is 573 g/mol. The molecule has 1 N–H and O–H groups in total. The summed E-state index contributed by atoms with van der Waals surface area (Å²) in [6.07, 6.45) is 1.55. The Morgan fingerprint density at radius 1 is 0.973 bits per heavy atom. The molecule has 0 atom stereocenters. The fourth-order valence-electron chi connectivity index (χ4n) is 3.99. The van der Waals surface area contributed by atoms with Gasteiger partial charge in [0.15, 0.2) is 0 Å². The number of ether oxygens (including phenoxy) is 1. The number of halogens is 2.